The van der Waals surface area contributed by atoms with E-state index in [0.29, 0.717) is 0 Å². The molecule has 1 aliphatic rings. The third-order valence-corrected chi connectivity index (χ3v) is 3.71. The summed E-state index contributed by atoms with van der Waals surface area (Å²) in [5, 5.41) is 12.7. The number of rotatable bonds is 4. The Balaban J connectivity index is 1.84. The lowest BCUT2D eigenvalue weighted by Crippen LogP contribution is -2.31. The molecule has 3 rings (SSSR count). The van der Waals surface area contributed by atoms with Crippen LogP contribution in [0.5, 0.6) is 0 Å². The van der Waals surface area contributed by atoms with E-state index < -0.39 is 12.0 Å². The minimum atomic E-state index is -0.861. The Kier molecular flexibility index (Phi) is 3.48. The fourth-order valence-electron chi connectivity index (χ4n) is 2.73. The van der Waals surface area contributed by atoms with E-state index in [1.807, 2.05) is 36.4 Å². The largest absolute Gasteiger partial charge is 0.480 e. The molecular weight excluding hydrogens is 252 g/mol. The molecule has 0 bridgehead atoms. The molecule has 1 aromatic heterocycles. The highest BCUT2D eigenvalue weighted by Crippen LogP contribution is 2.31. The van der Waals surface area contributed by atoms with Crippen molar-refractivity contribution in [1.82, 2.24) is 10.3 Å². The molecule has 0 amide bonds. The minimum absolute atomic E-state index is 0.00695. The number of aliphatic carboxylic acids is 1. The molecule has 0 fully saturated rings. The third-order valence-electron chi connectivity index (χ3n) is 3.71. The van der Waals surface area contributed by atoms with Gasteiger partial charge in [-0.25, -0.2) is 0 Å². The first-order valence-electron chi connectivity index (χ1n) is 6.73. The molecule has 0 aliphatic heterocycles. The Bertz CT molecular complexity index is 613. The first-order valence-corrected chi connectivity index (χ1v) is 6.73. The number of nitrogens with one attached hydrogen (secondary N) is 1. The smallest absolute Gasteiger partial charge is 0.325 e. The van der Waals surface area contributed by atoms with Crippen LogP contribution in [0.25, 0.3) is 0 Å². The van der Waals surface area contributed by atoms with Gasteiger partial charge in [0.25, 0.3) is 0 Å². The van der Waals surface area contributed by atoms with Crippen LogP contribution in [-0.2, 0) is 11.2 Å². The summed E-state index contributed by atoms with van der Waals surface area (Å²) in [4.78, 5) is 15.9. The Morgan fingerprint density at radius 3 is 2.80 bits per heavy atom. The average molecular weight is 268 g/mol. The van der Waals surface area contributed by atoms with Gasteiger partial charge in [0.2, 0.25) is 0 Å². The van der Waals surface area contributed by atoms with Crippen LogP contribution in [0.1, 0.15) is 35.3 Å². The van der Waals surface area contributed by atoms with Gasteiger partial charge in [0.1, 0.15) is 6.04 Å². The van der Waals surface area contributed by atoms with Gasteiger partial charge in [-0.05, 0) is 30.0 Å². The van der Waals surface area contributed by atoms with Crippen LogP contribution in [0.4, 0.5) is 0 Å². The average Bonchev–Trinajstić information content (AvgIpc) is 2.88. The monoisotopic (exact) mass is 268 g/mol. The first-order chi connectivity index (χ1) is 9.75. The maximum absolute atomic E-state index is 11.5. The molecule has 0 saturated carbocycles. The van der Waals surface area contributed by atoms with Crippen molar-refractivity contribution in [3.63, 3.8) is 0 Å². The van der Waals surface area contributed by atoms with Gasteiger partial charge in [-0.2, -0.15) is 0 Å². The molecule has 2 unspecified atom stereocenters. The lowest BCUT2D eigenvalue weighted by atomic mass is 10.1. The molecule has 0 spiro atoms. The topological polar surface area (TPSA) is 62.2 Å². The fourth-order valence-corrected chi connectivity index (χ4v) is 2.73. The molecule has 2 atom stereocenters. The number of hydrogen-bond acceptors (Lipinski definition) is 3. The van der Waals surface area contributed by atoms with Gasteiger partial charge >= 0.3 is 5.97 Å². The van der Waals surface area contributed by atoms with Gasteiger partial charge in [-0.1, -0.05) is 36.4 Å². The quantitative estimate of drug-likeness (QED) is 0.894. The van der Waals surface area contributed by atoms with E-state index in [1.165, 1.54) is 5.56 Å². The zero-order chi connectivity index (χ0) is 13.9. The molecule has 2 aromatic rings. The fraction of sp³-hybridized carbons (Fsp3) is 0.250. The van der Waals surface area contributed by atoms with Gasteiger partial charge in [0, 0.05) is 6.20 Å². The lowest BCUT2D eigenvalue weighted by molar-refractivity contribution is -0.139. The lowest BCUT2D eigenvalue weighted by Gasteiger charge is -2.20. The molecule has 1 heterocycles. The van der Waals surface area contributed by atoms with Crippen LogP contribution in [0.3, 0.4) is 0 Å². The minimum Gasteiger partial charge on any atom is -0.480 e. The molecule has 20 heavy (non-hydrogen) atoms. The van der Waals surface area contributed by atoms with Crippen molar-refractivity contribution in [2.45, 2.75) is 24.9 Å². The van der Waals surface area contributed by atoms with Crippen molar-refractivity contribution in [1.29, 1.82) is 0 Å². The van der Waals surface area contributed by atoms with Crippen LogP contribution in [0, 0.1) is 0 Å². The maximum atomic E-state index is 11.5. The molecular formula is C16H16N2O2. The van der Waals surface area contributed by atoms with Gasteiger partial charge in [0.15, 0.2) is 0 Å². The molecule has 4 heteroatoms. The summed E-state index contributed by atoms with van der Waals surface area (Å²) < 4.78 is 0. The summed E-state index contributed by atoms with van der Waals surface area (Å²) in [6.07, 6.45) is 3.60. The number of nitrogens with zero attached hydrogens (tertiary/aromatic N) is 1. The van der Waals surface area contributed by atoms with Gasteiger partial charge in [-0.15, -0.1) is 0 Å². The molecule has 1 aliphatic carbocycles. The number of carboxylic acid groups (broad SMARTS) is 1. The standard InChI is InChI=1S/C16H16N2O2/c19-16(20)15(11-5-2-1-3-6-11)18-13-9-8-12-7-4-10-17-14(12)13/h1-7,10,13,15,18H,8-9H2,(H,19,20). The molecule has 1 aromatic carbocycles. The van der Waals surface area contributed by atoms with E-state index in [4.69, 9.17) is 0 Å². The summed E-state index contributed by atoms with van der Waals surface area (Å²) in [5.74, 6) is -0.861. The van der Waals surface area contributed by atoms with Crippen LogP contribution >= 0.6 is 0 Å². The van der Waals surface area contributed by atoms with Crippen molar-refractivity contribution in [2.24, 2.45) is 0 Å². The van der Waals surface area contributed by atoms with E-state index in [-0.39, 0.29) is 6.04 Å². The number of fused-ring (bicyclic) bond motifs is 1. The van der Waals surface area contributed by atoms with E-state index in [9.17, 15) is 9.90 Å². The van der Waals surface area contributed by atoms with Crippen molar-refractivity contribution in [3.05, 3.63) is 65.5 Å². The number of benzene rings is 1. The number of aromatic nitrogens is 1. The van der Waals surface area contributed by atoms with Crippen LogP contribution < -0.4 is 5.32 Å². The second kappa shape index (κ2) is 5.43. The first kappa shape index (κ1) is 12.8. The summed E-state index contributed by atoms with van der Waals surface area (Å²) in [7, 11) is 0. The van der Waals surface area contributed by atoms with Crippen molar-refractivity contribution in [2.75, 3.05) is 0 Å². The van der Waals surface area contributed by atoms with Crippen molar-refractivity contribution >= 4 is 5.97 Å². The van der Waals surface area contributed by atoms with Gasteiger partial charge in [-0.3, -0.25) is 15.1 Å². The van der Waals surface area contributed by atoms with Crippen LogP contribution in [-0.4, -0.2) is 16.1 Å². The molecule has 102 valence electrons. The van der Waals surface area contributed by atoms with Crippen molar-refractivity contribution in [3.8, 4) is 0 Å². The van der Waals surface area contributed by atoms with Crippen molar-refractivity contribution < 1.29 is 9.90 Å². The van der Waals surface area contributed by atoms with Gasteiger partial charge in [0.05, 0.1) is 11.7 Å². The van der Waals surface area contributed by atoms with E-state index >= 15 is 0 Å². The molecule has 4 nitrogen and oxygen atoms in total. The van der Waals surface area contributed by atoms with E-state index in [0.717, 1.165) is 24.1 Å². The van der Waals surface area contributed by atoms with Crippen LogP contribution in [0.2, 0.25) is 0 Å². The number of carboxylic acids is 1. The number of aryl methyl sites for hydroxylation is 1. The zero-order valence-electron chi connectivity index (χ0n) is 11.0. The van der Waals surface area contributed by atoms with E-state index in [2.05, 4.69) is 16.4 Å². The second-order valence-corrected chi connectivity index (χ2v) is 4.99. The molecule has 2 N–H and O–H groups in total. The molecule has 0 radical (unpaired) electrons. The highest BCUT2D eigenvalue weighted by Gasteiger charge is 2.29. The third kappa shape index (κ3) is 2.42. The predicted molar refractivity (Wildman–Crippen MR) is 75.3 cm³/mol. The SMILES string of the molecule is O=C(O)C(NC1CCc2cccnc21)c1ccccc1. The predicted octanol–water partition coefficient (Wildman–Crippen LogP) is 2.48. The second-order valence-electron chi connectivity index (χ2n) is 4.99. The van der Waals surface area contributed by atoms with Gasteiger partial charge < -0.3 is 5.11 Å². The summed E-state index contributed by atoms with van der Waals surface area (Å²) in [6.45, 7) is 0. The van der Waals surface area contributed by atoms with Crippen LogP contribution in [0.15, 0.2) is 48.7 Å². The molecule has 0 saturated heterocycles. The number of pyridine rings is 1. The Morgan fingerprint density at radius 2 is 2.05 bits per heavy atom. The number of carbonyl (C=O) groups is 1. The Labute approximate surface area is 117 Å². The maximum Gasteiger partial charge on any atom is 0.325 e. The highest BCUT2D eigenvalue weighted by atomic mass is 16.4. The highest BCUT2D eigenvalue weighted by molar-refractivity contribution is 5.75. The zero-order valence-corrected chi connectivity index (χ0v) is 11.0. The summed E-state index contributed by atoms with van der Waals surface area (Å²) in [6, 6.07) is 12.5. The Morgan fingerprint density at radius 1 is 1.25 bits per heavy atom. The Hall–Kier alpha value is -2.20. The van der Waals surface area contributed by atoms with E-state index in [1.54, 1.807) is 6.20 Å². The summed E-state index contributed by atoms with van der Waals surface area (Å²) >= 11 is 0. The normalized spacial score (nSPS) is 18.5. The number of hydrogen-bond donors (Lipinski definition) is 2. The summed E-state index contributed by atoms with van der Waals surface area (Å²) in [5.41, 5.74) is 2.96.